The summed E-state index contributed by atoms with van der Waals surface area (Å²) in [6.07, 6.45) is 62.4. The van der Waals surface area contributed by atoms with E-state index in [9.17, 15) is 43.2 Å². The Hall–Kier alpha value is -1.94. The highest BCUT2D eigenvalue weighted by Crippen LogP contribution is 2.45. The molecule has 0 bridgehead atoms. The van der Waals surface area contributed by atoms with E-state index in [0.717, 1.165) is 108 Å². The van der Waals surface area contributed by atoms with Crippen molar-refractivity contribution in [2.24, 2.45) is 11.8 Å². The smallest absolute Gasteiger partial charge is 0.462 e. The maximum Gasteiger partial charge on any atom is 0.472 e. The van der Waals surface area contributed by atoms with Gasteiger partial charge < -0.3 is 33.8 Å². The summed E-state index contributed by atoms with van der Waals surface area (Å²) in [5.41, 5.74) is 0. The Bertz CT molecular complexity index is 1930. The van der Waals surface area contributed by atoms with Crippen LogP contribution in [0.2, 0.25) is 0 Å². The fourth-order valence-electron chi connectivity index (χ4n) is 12.5. The summed E-state index contributed by atoms with van der Waals surface area (Å²) in [4.78, 5) is 73.0. The number of rotatable bonds is 80. The molecule has 0 rings (SSSR count). The second kappa shape index (κ2) is 72.6. The molecule has 0 radical (unpaired) electrons. The SMILES string of the molecule is CCCCCCCCCCCCCCCCCCCC(=O)OC[C@H](COP(=O)(O)OC[C@@H](O)COP(=O)(O)OC[C@@H](COC(=O)CCCCCCCCC(C)CC)OC(=O)CCCCCCCCCCCCCCCCCC)OC(=O)CCCCCCCCCCCCCCCCC(C)C. The van der Waals surface area contributed by atoms with Crippen LogP contribution in [0.3, 0.4) is 0 Å². The van der Waals surface area contributed by atoms with E-state index in [1.807, 2.05) is 0 Å². The predicted molar refractivity (Wildman–Crippen MR) is 409 cm³/mol. The van der Waals surface area contributed by atoms with Crippen molar-refractivity contribution in [3.63, 3.8) is 0 Å². The highest BCUT2D eigenvalue weighted by molar-refractivity contribution is 7.47. The van der Waals surface area contributed by atoms with Gasteiger partial charge in [-0.05, 0) is 37.5 Å². The van der Waals surface area contributed by atoms with Gasteiger partial charge >= 0.3 is 39.5 Å². The molecule has 0 aromatic carbocycles. The second-order valence-corrected chi connectivity index (χ2v) is 32.8. The van der Waals surface area contributed by atoms with Gasteiger partial charge in [0.05, 0.1) is 26.4 Å². The number of esters is 4. The molecule has 3 N–H and O–H groups in total. The number of ether oxygens (including phenoxy) is 4. The molecule has 100 heavy (non-hydrogen) atoms. The second-order valence-electron chi connectivity index (χ2n) is 29.9. The molecule has 0 aromatic heterocycles. The number of phosphoric acid groups is 2. The zero-order valence-electron chi connectivity index (χ0n) is 65.5. The lowest BCUT2D eigenvalue weighted by Crippen LogP contribution is -2.30. The standard InChI is InChI=1S/C81H158O17P2/c1-7-10-12-14-16-18-20-22-24-26-28-32-36-40-44-51-57-63-78(83)91-69-76(97-80(85)65-60-54-46-42-38-34-30-29-31-35-39-43-49-55-61-73(4)5)71-95-99(87,88)93-67-75(82)68-94-100(89,90)96-72-77(70-92-79(84)64-58-52-48-47-50-56-62-74(6)9-3)98-81(86)66-59-53-45-41-37-33-27-25-23-21-19-17-15-13-11-8-2/h73-77,82H,7-72H2,1-6H3,(H,87,88)(H,89,90)/t74?,75-,76-,77-/m1/s1. The number of unbranched alkanes of at least 4 members (excludes halogenated alkanes) is 49. The van der Waals surface area contributed by atoms with Crippen molar-refractivity contribution < 1.29 is 80.2 Å². The van der Waals surface area contributed by atoms with E-state index in [4.69, 9.17) is 37.0 Å². The zero-order valence-corrected chi connectivity index (χ0v) is 67.3. The highest BCUT2D eigenvalue weighted by atomic mass is 31.2. The summed E-state index contributed by atoms with van der Waals surface area (Å²) in [6, 6.07) is 0. The van der Waals surface area contributed by atoms with Gasteiger partial charge in [0, 0.05) is 25.7 Å². The van der Waals surface area contributed by atoms with Gasteiger partial charge in [-0.3, -0.25) is 37.3 Å². The van der Waals surface area contributed by atoms with Crippen LogP contribution in [0.25, 0.3) is 0 Å². The van der Waals surface area contributed by atoms with Crippen molar-refractivity contribution in [1.82, 2.24) is 0 Å². The fraction of sp³-hybridized carbons (Fsp3) is 0.951. The van der Waals surface area contributed by atoms with Gasteiger partial charge in [0.15, 0.2) is 12.2 Å². The molecule has 3 unspecified atom stereocenters. The largest absolute Gasteiger partial charge is 0.472 e. The molecule has 17 nitrogen and oxygen atoms in total. The first kappa shape index (κ1) is 98.1. The number of hydrogen-bond acceptors (Lipinski definition) is 15. The van der Waals surface area contributed by atoms with Crippen LogP contribution in [0.1, 0.15) is 427 Å². The minimum Gasteiger partial charge on any atom is -0.462 e. The van der Waals surface area contributed by atoms with Crippen molar-refractivity contribution in [3.05, 3.63) is 0 Å². The van der Waals surface area contributed by atoms with E-state index >= 15 is 0 Å². The normalized spacial score (nSPS) is 14.2. The van der Waals surface area contributed by atoms with Crippen LogP contribution in [0.4, 0.5) is 0 Å². The Morgan fingerprint density at radius 1 is 0.290 bits per heavy atom. The van der Waals surface area contributed by atoms with Crippen LogP contribution in [0, 0.1) is 11.8 Å². The van der Waals surface area contributed by atoms with Crippen LogP contribution < -0.4 is 0 Å². The first-order chi connectivity index (χ1) is 48.4. The lowest BCUT2D eigenvalue weighted by atomic mass is 10.00. The molecular weight excluding hydrogens is 1310 g/mol. The lowest BCUT2D eigenvalue weighted by Gasteiger charge is -2.21. The third-order valence-electron chi connectivity index (χ3n) is 19.3. The molecule has 0 saturated carbocycles. The van der Waals surface area contributed by atoms with Gasteiger partial charge in [0.25, 0.3) is 0 Å². The monoisotopic (exact) mass is 1470 g/mol. The van der Waals surface area contributed by atoms with E-state index in [1.54, 1.807) is 0 Å². The lowest BCUT2D eigenvalue weighted by molar-refractivity contribution is -0.161. The van der Waals surface area contributed by atoms with Crippen molar-refractivity contribution in [2.75, 3.05) is 39.6 Å². The van der Waals surface area contributed by atoms with Crippen LogP contribution in [-0.2, 0) is 65.4 Å². The molecule has 0 saturated heterocycles. The number of aliphatic hydroxyl groups excluding tert-OH is 1. The Balaban J connectivity index is 5.25. The predicted octanol–water partition coefficient (Wildman–Crippen LogP) is 24.3. The Labute approximate surface area is 613 Å². The highest BCUT2D eigenvalue weighted by Gasteiger charge is 2.30. The zero-order chi connectivity index (χ0) is 73.5. The van der Waals surface area contributed by atoms with Crippen LogP contribution in [0.5, 0.6) is 0 Å². The molecule has 0 fully saturated rings. The first-order valence-corrected chi connectivity index (χ1v) is 45.0. The average Bonchev–Trinajstić information content (AvgIpc) is 0.929. The number of aliphatic hydroxyl groups is 1. The third kappa shape index (κ3) is 73.0. The van der Waals surface area contributed by atoms with Crippen LogP contribution in [-0.4, -0.2) is 96.7 Å². The first-order valence-electron chi connectivity index (χ1n) is 42.0. The van der Waals surface area contributed by atoms with E-state index in [0.29, 0.717) is 25.7 Å². The summed E-state index contributed by atoms with van der Waals surface area (Å²) in [6.45, 7) is 9.63. The molecule has 0 aromatic rings. The van der Waals surface area contributed by atoms with Gasteiger partial charge in [0.2, 0.25) is 0 Å². The molecule has 0 aliphatic rings. The average molecular weight is 1470 g/mol. The fourth-order valence-corrected chi connectivity index (χ4v) is 14.1. The molecule has 19 heteroatoms. The van der Waals surface area contributed by atoms with Gasteiger partial charge in [-0.2, -0.15) is 0 Å². The topological polar surface area (TPSA) is 237 Å². The number of carbonyl (C=O) groups is 4. The summed E-state index contributed by atoms with van der Waals surface area (Å²) in [7, 11) is -9.92. The maximum atomic E-state index is 13.1. The minimum atomic E-state index is -4.96. The Morgan fingerprint density at radius 3 is 0.760 bits per heavy atom. The summed E-state index contributed by atoms with van der Waals surface area (Å²) in [5.74, 6) is -0.582. The van der Waals surface area contributed by atoms with Crippen LogP contribution in [0.15, 0.2) is 0 Å². The molecular formula is C81H158O17P2. The Kier molecular flexibility index (Phi) is 71.2. The van der Waals surface area contributed by atoms with E-state index in [-0.39, 0.29) is 25.7 Å². The van der Waals surface area contributed by atoms with Crippen molar-refractivity contribution in [1.29, 1.82) is 0 Å². The van der Waals surface area contributed by atoms with Gasteiger partial charge in [-0.15, -0.1) is 0 Å². The summed E-state index contributed by atoms with van der Waals surface area (Å²) < 4.78 is 68.7. The maximum absolute atomic E-state index is 13.1. The van der Waals surface area contributed by atoms with Crippen molar-refractivity contribution in [3.8, 4) is 0 Å². The molecule has 0 heterocycles. The number of carbonyl (C=O) groups excluding carboxylic acids is 4. The van der Waals surface area contributed by atoms with Gasteiger partial charge in [-0.1, -0.05) is 375 Å². The molecule has 6 atom stereocenters. The van der Waals surface area contributed by atoms with Crippen LogP contribution >= 0.6 is 15.6 Å². The Morgan fingerprint density at radius 2 is 0.510 bits per heavy atom. The molecule has 594 valence electrons. The van der Waals surface area contributed by atoms with Crippen molar-refractivity contribution >= 4 is 39.5 Å². The molecule has 0 amide bonds. The summed E-state index contributed by atoms with van der Waals surface area (Å²) in [5, 5.41) is 10.6. The third-order valence-corrected chi connectivity index (χ3v) is 21.2. The number of phosphoric ester groups is 2. The molecule has 0 aliphatic carbocycles. The van der Waals surface area contributed by atoms with E-state index in [1.165, 1.54) is 238 Å². The van der Waals surface area contributed by atoms with E-state index < -0.39 is 97.5 Å². The number of hydrogen-bond donors (Lipinski definition) is 3. The minimum absolute atomic E-state index is 0.108. The van der Waals surface area contributed by atoms with Crippen molar-refractivity contribution in [2.45, 2.75) is 445 Å². The van der Waals surface area contributed by atoms with Gasteiger partial charge in [0.1, 0.15) is 19.3 Å². The molecule has 0 spiro atoms. The van der Waals surface area contributed by atoms with E-state index in [2.05, 4.69) is 41.5 Å². The summed E-state index contributed by atoms with van der Waals surface area (Å²) >= 11 is 0. The molecule has 0 aliphatic heterocycles. The quantitative estimate of drug-likeness (QED) is 0.0222. The van der Waals surface area contributed by atoms with Gasteiger partial charge in [-0.25, -0.2) is 9.13 Å².